The Bertz CT molecular complexity index is 1310. The van der Waals surface area contributed by atoms with Gasteiger partial charge in [0.2, 0.25) is 5.95 Å². The lowest BCUT2D eigenvalue weighted by Gasteiger charge is -2.35. The fourth-order valence-electron chi connectivity index (χ4n) is 5.48. The maximum absolute atomic E-state index is 13.4. The van der Waals surface area contributed by atoms with Gasteiger partial charge < -0.3 is 16.0 Å². The first-order valence-corrected chi connectivity index (χ1v) is 12.8. The third-order valence-corrected chi connectivity index (χ3v) is 7.42. The standard InChI is InChI=1S/C26H34N8O2/c1-17-21-16-29-26(31-24(21)34(19-5-3-4-6-19)25(36)23(17)18(2)35)30-22-8-7-20(15-28-22)33-13-11-32(10-9-27)12-14-33/h7-8,15-16,19H,3-6,9-14,27H2,1-2H3,(H,28,29,30,31). The summed E-state index contributed by atoms with van der Waals surface area (Å²) >= 11 is 0. The van der Waals surface area contributed by atoms with E-state index in [4.69, 9.17) is 10.7 Å². The van der Waals surface area contributed by atoms with E-state index in [9.17, 15) is 9.59 Å². The van der Waals surface area contributed by atoms with Gasteiger partial charge in [0.05, 0.1) is 17.4 Å². The molecule has 3 aromatic rings. The average Bonchev–Trinajstić information content (AvgIpc) is 3.39. The number of nitrogens with zero attached hydrogens (tertiary/aromatic N) is 6. The summed E-state index contributed by atoms with van der Waals surface area (Å²) in [5.74, 6) is 0.782. The van der Waals surface area contributed by atoms with Crippen LogP contribution >= 0.6 is 0 Å². The van der Waals surface area contributed by atoms with Gasteiger partial charge in [-0.25, -0.2) is 9.97 Å². The average molecular weight is 491 g/mol. The minimum atomic E-state index is -0.252. The molecule has 0 bridgehead atoms. The highest BCUT2D eigenvalue weighted by Crippen LogP contribution is 2.32. The summed E-state index contributed by atoms with van der Waals surface area (Å²) in [4.78, 5) is 44.2. The van der Waals surface area contributed by atoms with Crippen LogP contribution in [0.2, 0.25) is 0 Å². The third kappa shape index (κ3) is 4.70. The van der Waals surface area contributed by atoms with Crippen molar-refractivity contribution in [1.29, 1.82) is 0 Å². The van der Waals surface area contributed by atoms with E-state index in [1.807, 2.05) is 18.3 Å². The molecule has 0 spiro atoms. The van der Waals surface area contributed by atoms with E-state index < -0.39 is 0 Å². The Labute approximate surface area is 210 Å². The predicted octanol–water partition coefficient (Wildman–Crippen LogP) is 2.64. The highest BCUT2D eigenvalue weighted by Gasteiger charge is 2.26. The van der Waals surface area contributed by atoms with E-state index in [0.717, 1.165) is 69.5 Å². The Morgan fingerprint density at radius 1 is 1.11 bits per heavy atom. The number of hydrogen-bond acceptors (Lipinski definition) is 9. The number of nitrogens with one attached hydrogen (secondary N) is 1. The van der Waals surface area contributed by atoms with E-state index in [1.54, 1.807) is 17.7 Å². The fraction of sp³-hybridized carbons (Fsp3) is 0.500. The lowest BCUT2D eigenvalue weighted by atomic mass is 10.0. The number of carbonyl (C=O) groups excluding carboxylic acids is 1. The largest absolute Gasteiger partial charge is 0.368 e. The fourth-order valence-corrected chi connectivity index (χ4v) is 5.48. The molecule has 5 rings (SSSR count). The van der Waals surface area contributed by atoms with Crippen molar-refractivity contribution in [3.63, 3.8) is 0 Å². The lowest BCUT2D eigenvalue weighted by molar-refractivity contribution is 0.101. The van der Waals surface area contributed by atoms with E-state index in [0.29, 0.717) is 29.5 Å². The maximum atomic E-state index is 13.4. The van der Waals surface area contributed by atoms with Gasteiger partial charge in [0.15, 0.2) is 5.78 Å². The highest BCUT2D eigenvalue weighted by atomic mass is 16.1. The second-order valence-electron chi connectivity index (χ2n) is 9.74. The van der Waals surface area contributed by atoms with Crippen molar-refractivity contribution < 1.29 is 4.79 Å². The number of Topliss-reactive ketones (excluding diaryl/α,β-unsaturated/α-hetero) is 1. The van der Waals surface area contributed by atoms with E-state index in [1.165, 1.54) is 6.92 Å². The van der Waals surface area contributed by atoms with Gasteiger partial charge in [0.25, 0.3) is 5.56 Å². The molecule has 1 aliphatic heterocycles. The van der Waals surface area contributed by atoms with Gasteiger partial charge in [-0.1, -0.05) is 12.8 Å². The summed E-state index contributed by atoms with van der Waals surface area (Å²) in [6.07, 6.45) is 7.51. The molecule has 0 atom stereocenters. The number of pyridine rings is 2. The van der Waals surface area contributed by atoms with E-state index >= 15 is 0 Å². The van der Waals surface area contributed by atoms with Gasteiger partial charge in [-0.2, -0.15) is 4.98 Å². The van der Waals surface area contributed by atoms with Gasteiger partial charge in [-0.05, 0) is 44.4 Å². The van der Waals surface area contributed by atoms with Gasteiger partial charge >= 0.3 is 0 Å². The Morgan fingerprint density at radius 3 is 2.50 bits per heavy atom. The van der Waals surface area contributed by atoms with Crippen LogP contribution in [0.4, 0.5) is 17.5 Å². The van der Waals surface area contributed by atoms with Crippen molar-refractivity contribution in [3.8, 4) is 0 Å². The number of aromatic nitrogens is 4. The Hall–Kier alpha value is -3.37. The Balaban J connectivity index is 1.41. The molecule has 0 radical (unpaired) electrons. The van der Waals surface area contributed by atoms with Crippen molar-refractivity contribution in [3.05, 3.63) is 46.0 Å². The number of ketones is 1. The Morgan fingerprint density at radius 2 is 1.86 bits per heavy atom. The van der Waals surface area contributed by atoms with E-state index in [2.05, 4.69) is 25.1 Å². The van der Waals surface area contributed by atoms with Crippen LogP contribution in [0.3, 0.4) is 0 Å². The second kappa shape index (κ2) is 10.3. The number of rotatable bonds is 7. The van der Waals surface area contributed by atoms with Crippen molar-refractivity contribution in [2.75, 3.05) is 49.5 Å². The number of nitrogens with two attached hydrogens (primary N) is 1. The Kier molecular flexibility index (Phi) is 6.97. The summed E-state index contributed by atoms with van der Waals surface area (Å²) in [7, 11) is 0. The first kappa shape index (κ1) is 24.3. The van der Waals surface area contributed by atoms with Crippen molar-refractivity contribution in [2.24, 2.45) is 5.73 Å². The van der Waals surface area contributed by atoms with Gasteiger partial charge in [-0.15, -0.1) is 0 Å². The van der Waals surface area contributed by atoms with Gasteiger partial charge in [0, 0.05) is 56.9 Å². The lowest BCUT2D eigenvalue weighted by Crippen LogP contribution is -2.47. The molecule has 190 valence electrons. The molecule has 1 saturated heterocycles. The number of hydrogen-bond donors (Lipinski definition) is 2. The van der Waals surface area contributed by atoms with E-state index in [-0.39, 0.29) is 22.9 Å². The number of piperazine rings is 1. The molecule has 36 heavy (non-hydrogen) atoms. The van der Waals surface area contributed by atoms with Gasteiger partial charge in [-0.3, -0.25) is 19.1 Å². The number of carbonyl (C=O) groups is 1. The quantitative estimate of drug-likeness (QED) is 0.481. The molecule has 0 aromatic carbocycles. The number of aryl methyl sites for hydroxylation is 1. The number of fused-ring (bicyclic) bond motifs is 1. The first-order chi connectivity index (χ1) is 17.5. The molecular weight excluding hydrogens is 456 g/mol. The smallest absolute Gasteiger partial charge is 0.263 e. The molecule has 4 heterocycles. The molecule has 10 heteroatoms. The van der Waals surface area contributed by atoms with Crippen molar-refractivity contribution >= 4 is 34.3 Å². The summed E-state index contributed by atoms with van der Waals surface area (Å²) in [5.41, 5.74) is 7.94. The van der Waals surface area contributed by atoms with Crippen LogP contribution in [-0.4, -0.2) is 69.5 Å². The summed E-state index contributed by atoms with van der Waals surface area (Å²) in [6.45, 7) is 8.75. The first-order valence-electron chi connectivity index (χ1n) is 12.8. The van der Waals surface area contributed by atoms with Crippen LogP contribution in [0.1, 0.15) is 54.6 Å². The zero-order chi connectivity index (χ0) is 25.2. The molecule has 10 nitrogen and oxygen atoms in total. The third-order valence-electron chi connectivity index (χ3n) is 7.42. The van der Waals surface area contributed by atoms with Crippen LogP contribution in [0, 0.1) is 6.92 Å². The molecule has 3 aromatic heterocycles. The van der Waals surface area contributed by atoms with Crippen LogP contribution < -0.4 is 21.5 Å². The van der Waals surface area contributed by atoms with Crippen LogP contribution in [-0.2, 0) is 0 Å². The van der Waals surface area contributed by atoms with Crippen molar-refractivity contribution in [1.82, 2.24) is 24.4 Å². The van der Waals surface area contributed by atoms with Crippen molar-refractivity contribution in [2.45, 2.75) is 45.6 Å². The van der Waals surface area contributed by atoms with Crippen LogP contribution in [0.15, 0.2) is 29.3 Å². The molecule has 1 saturated carbocycles. The topological polar surface area (TPSA) is 122 Å². The summed E-state index contributed by atoms with van der Waals surface area (Å²) in [6, 6.07) is 4.01. The molecule has 3 N–H and O–H groups in total. The summed E-state index contributed by atoms with van der Waals surface area (Å²) in [5, 5.41) is 3.92. The minimum Gasteiger partial charge on any atom is -0.368 e. The molecule has 2 fully saturated rings. The predicted molar refractivity (Wildman–Crippen MR) is 141 cm³/mol. The SMILES string of the molecule is CC(=O)c1c(C)c2cnc(Nc3ccc(N4CCN(CCN)CC4)cn3)nc2n(C2CCCC2)c1=O. The minimum absolute atomic E-state index is 0.0455. The number of anilines is 3. The molecule has 0 unspecified atom stereocenters. The van der Waals surface area contributed by atoms with Crippen LogP contribution in [0.25, 0.3) is 11.0 Å². The maximum Gasteiger partial charge on any atom is 0.263 e. The molecule has 2 aliphatic rings. The normalized spacial score (nSPS) is 17.1. The monoisotopic (exact) mass is 490 g/mol. The summed E-state index contributed by atoms with van der Waals surface area (Å²) < 4.78 is 1.72. The van der Waals surface area contributed by atoms with Crippen LogP contribution in [0.5, 0.6) is 0 Å². The molecular formula is C26H34N8O2. The molecule has 1 aliphatic carbocycles. The highest BCUT2D eigenvalue weighted by molar-refractivity contribution is 5.99. The molecule has 0 amide bonds. The second-order valence-corrected chi connectivity index (χ2v) is 9.74. The zero-order valence-electron chi connectivity index (χ0n) is 21.0. The zero-order valence-corrected chi connectivity index (χ0v) is 21.0. The van der Waals surface area contributed by atoms with Gasteiger partial charge in [0.1, 0.15) is 11.5 Å².